The SMILES string of the molecule is Cn1nc(C(=O)Nc2sc3c(c2C#N)CCCC3)c(=O)c2cc(F)ccc21. The van der Waals surface area contributed by atoms with Crippen LogP contribution in [0, 0.1) is 17.1 Å². The zero-order chi connectivity index (χ0) is 19.1. The fourth-order valence-corrected chi connectivity index (χ4v) is 4.67. The number of aromatic nitrogens is 2. The van der Waals surface area contributed by atoms with Crippen LogP contribution in [0.1, 0.15) is 39.3 Å². The van der Waals surface area contributed by atoms with Crippen LogP contribution >= 0.6 is 11.3 Å². The van der Waals surface area contributed by atoms with Crippen molar-refractivity contribution >= 4 is 33.1 Å². The van der Waals surface area contributed by atoms with E-state index in [4.69, 9.17) is 0 Å². The normalized spacial score (nSPS) is 13.2. The van der Waals surface area contributed by atoms with Gasteiger partial charge in [0.05, 0.1) is 16.5 Å². The van der Waals surface area contributed by atoms with Gasteiger partial charge in [-0.1, -0.05) is 0 Å². The minimum Gasteiger partial charge on any atom is -0.311 e. The molecule has 1 aliphatic carbocycles. The lowest BCUT2D eigenvalue weighted by Gasteiger charge is -2.09. The molecule has 2 heterocycles. The molecule has 0 aliphatic heterocycles. The molecule has 1 amide bonds. The van der Waals surface area contributed by atoms with Gasteiger partial charge >= 0.3 is 0 Å². The van der Waals surface area contributed by atoms with Gasteiger partial charge in [0.25, 0.3) is 5.91 Å². The Bertz CT molecular complexity index is 1190. The van der Waals surface area contributed by atoms with Gasteiger partial charge in [0, 0.05) is 11.9 Å². The number of nitrogens with one attached hydrogen (secondary N) is 1. The number of hydrogen-bond acceptors (Lipinski definition) is 5. The molecule has 136 valence electrons. The molecule has 0 saturated heterocycles. The molecule has 0 saturated carbocycles. The second-order valence-corrected chi connectivity index (χ2v) is 7.55. The number of thiophene rings is 1. The van der Waals surface area contributed by atoms with Gasteiger partial charge in [0.2, 0.25) is 5.43 Å². The van der Waals surface area contributed by atoms with Crippen molar-refractivity contribution in [3.63, 3.8) is 0 Å². The minimum absolute atomic E-state index is 0.0867. The van der Waals surface area contributed by atoms with Gasteiger partial charge in [-0.2, -0.15) is 10.4 Å². The van der Waals surface area contributed by atoms with Crippen LogP contribution in [0.4, 0.5) is 9.39 Å². The maximum atomic E-state index is 13.6. The van der Waals surface area contributed by atoms with Crippen LogP contribution in [0.2, 0.25) is 0 Å². The van der Waals surface area contributed by atoms with Gasteiger partial charge in [-0.3, -0.25) is 14.3 Å². The number of fused-ring (bicyclic) bond motifs is 2. The molecular weight excluding hydrogens is 367 g/mol. The lowest BCUT2D eigenvalue weighted by atomic mass is 9.96. The zero-order valence-corrected chi connectivity index (χ0v) is 15.3. The summed E-state index contributed by atoms with van der Waals surface area (Å²) in [6.45, 7) is 0. The molecule has 8 heteroatoms. The van der Waals surface area contributed by atoms with Gasteiger partial charge in [0.1, 0.15) is 16.9 Å². The topological polar surface area (TPSA) is 87.8 Å². The van der Waals surface area contributed by atoms with E-state index in [0.29, 0.717) is 16.1 Å². The summed E-state index contributed by atoms with van der Waals surface area (Å²) in [5.74, 6) is -1.26. The molecule has 0 spiro atoms. The summed E-state index contributed by atoms with van der Waals surface area (Å²) >= 11 is 1.37. The van der Waals surface area contributed by atoms with Crippen molar-refractivity contribution in [1.29, 1.82) is 5.26 Å². The first-order valence-electron chi connectivity index (χ1n) is 8.52. The highest BCUT2D eigenvalue weighted by Gasteiger charge is 2.24. The van der Waals surface area contributed by atoms with Gasteiger partial charge in [-0.25, -0.2) is 4.39 Å². The molecule has 3 aromatic rings. The fraction of sp³-hybridized carbons (Fsp3) is 0.263. The molecule has 1 aliphatic rings. The highest BCUT2D eigenvalue weighted by molar-refractivity contribution is 7.16. The smallest absolute Gasteiger partial charge is 0.280 e. The molecule has 2 aromatic heterocycles. The van der Waals surface area contributed by atoms with E-state index in [1.54, 1.807) is 7.05 Å². The Morgan fingerprint density at radius 3 is 2.93 bits per heavy atom. The van der Waals surface area contributed by atoms with E-state index in [2.05, 4.69) is 16.5 Å². The van der Waals surface area contributed by atoms with Crippen molar-refractivity contribution in [3.05, 3.63) is 55.9 Å². The number of amides is 1. The molecule has 0 bridgehead atoms. The maximum absolute atomic E-state index is 13.6. The third-order valence-corrected chi connectivity index (χ3v) is 5.95. The monoisotopic (exact) mass is 382 g/mol. The third kappa shape index (κ3) is 2.90. The van der Waals surface area contributed by atoms with E-state index in [9.17, 15) is 19.2 Å². The molecule has 6 nitrogen and oxygen atoms in total. The van der Waals surface area contributed by atoms with Crippen LogP contribution in [0.3, 0.4) is 0 Å². The van der Waals surface area contributed by atoms with Crippen LogP contribution in [0.25, 0.3) is 10.9 Å². The van der Waals surface area contributed by atoms with Crippen LogP contribution in [0.5, 0.6) is 0 Å². The second-order valence-electron chi connectivity index (χ2n) is 6.44. The van der Waals surface area contributed by atoms with E-state index in [1.165, 1.54) is 28.2 Å². The van der Waals surface area contributed by atoms with Gasteiger partial charge in [-0.15, -0.1) is 11.3 Å². The summed E-state index contributed by atoms with van der Waals surface area (Å²) in [4.78, 5) is 26.5. The average molecular weight is 382 g/mol. The molecule has 1 N–H and O–H groups in total. The predicted molar refractivity (Wildman–Crippen MR) is 101 cm³/mol. The number of carbonyl (C=O) groups is 1. The van der Waals surface area contributed by atoms with Crippen molar-refractivity contribution in [1.82, 2.24) is 9.78 Å². The number of hydrogen-bond donors (Lipinski definition) is 1. The number of nitrogens with zero attached hydrogens (tertiary/aromatic N) is 3. The molecule has 4 rings (SSSR count). The van der Waals surface area contributed by atoms with Crippen LogP contribution in [0.15, 0.2) is 23.0 Å². The number of anilines is 1. The van der Waals surface area contributed by atoms with Crippen molar-refractivity contribution < 1.29 is 9.18 Å². The number of benzene rings is 1. The molecule has 0 atom stereocenters. The Labute approximate surface area is 157 Å². The van der Waals surface area contributed by atoms with Crippen LogP contribution in [-0.4, -0.2) is 15.7 Å². The maximum Gasteiger partial charge on any atom is 0.280 e. The lowest BCUT2D eigenvalue weighted by molar-refractivity contribution is 0.102. The Balaban J connectivity index is 1.77. The van der Waals surface area contributed by atoms with E-state index in [-0.39, 0.29) is 11.1 Å². The number of carbonyl (C=O) groups excluding carboxylic acids is 1. The fourth-order valence-electron chi connectivity index (χ4n) is 3.43. The van der Waals surface area contributed by atoms with Crippen molar-refractivity contribution in [3.8, 4) is 6.07 Å². The average Bonchev–Trinajstić information content (AvgIpc) is 3.01. The summed E-state index contributed by atoms with van der Waals surface area (Å²) in [6.07, 6.45) is 3.79. The molecular formula is C19H15FN4O2S. The van der Waals surface area contributed by atoms with E-state index in [1.807, 2.05) is 0 Å². The number of aryl methyl sites for hydroxylation is 2. The summed E-state index contributed by atoms with van der Waals surface area (Å²) < 4.78 is 14.9. The van der Waals surface area contributed by atoms with E-state index in [0.717, 1.165) is 42.2 Å². The first kappa shape index (κ1) is 17.4. The summed E-state index contributed by atoms with van der Waals surface area (Å²) in [6, 6.07) is 5.94. The standard InChI is InChI=1S/C19H15FN4O2S/c1-24-14-7-6-10(20)8-12(14)17(25)16(23-24)18(26)22-19-13(9-21)11-4-2-3-5-15(11)27-19/h6-8H,2-5H2,1H3,(H,22,26). The second kappa shape index (κ2) is 6.59. The minimum atomic E-state index is -0.697. The van der Waals surface area contributed by atoms with Gasteiger partial charge < -0.3 is 5.32 Å². The zero-order valence-electron chi connectivity index (χ0n) is 14.5. The predicted octanol–water partition coefficient (Wildman–Crippen LogP) is 3.14. The summed E-state index contributed by atoms with van der Waals surface area (Å²) in [5, 5.41) is 16.8. The third-order valence-electron chi connectivity index (χ3n) is 4.74. The Morgan fingerprint density at radius 1 is 1.37 bits per heavy atom. The Kier molecular flexibility index (Phi) is 4.24. The van der Waals surface area contributed by atoms with Crippen molar-refractivity contribution in [2.75, 3.05) is 5.32 Å². The summed E-state index contributed by atoms with van der Waals surface area (Å²) in [7, 11) is 1.58. The largest absolute Gasteiger partial charge is 0.311 e. The first-order valence-corrected chi connectivity index (χ1v) is 9.34. The Hall–Kier alpha value is -3.05. The van der Waals surface area contributed by atoms with Crippen molar-refractivity contribution in [2.24, 2.45) is 7.05 Å². The van der Waals surface area contributed by atoms with Crippen LogP contribution < -0.4 is 10.7 Å². The van der Waals surface area contributed by atoms with Gasteiger partial charge in [0.15, 0.2) is 5.69 Å². The molecule has 0 unspecified atom stereocenters. The summed E-state index contributed by atoms with van der Waals surface area (Å²) in [5.41, 5.74) is 0.922. The molecule has 27 heavy (non-hydrogen) atoms. The highest BCUT2D eigenvalue weighted by Crippen LogP contribution is 2.37. The molecule has 0 fully saturated rings. The number of nitriles is 1. The van der Waals surface area contributed by atoms with Crippen LogP contribution in [-0.2, 0) is 19.9 Å². The lowest BCUT2D eigenvalue weighted by Crippen LogP contribution is -2.26. The molecule has 0 radical (unpaired) electrons. The Morgan fingerprint density at radius 2 is 2.15 bits per heavy atom. The number of halogens is 1. The van der Waals surface area contributed by atoms with Gasteiger partial charge in [-0.05, 0) is 49.4 Å². The number of rotatable bonds is 2. The first-order chi connectivity index (χ1) is 13.0. The highest BCUT2D eigenvalue weighted by atomic mass is 32.1. The van der Waals surface area contributed by atoms with Crippen molar-refractivity contribution in [2.45, 2.75) is 25.7 Å². The van der Waals surface area contributed by atoms with E-state index < -0.39 is 17.2 Å². The molecule has 1 aromatic carbocycles. The quantitative estimate of drug-likeness (QED) is 0.738. The van der Waals surface area contributed by atoms with E-state index >= 15 is 0 Å².